The van der Waals surface area contributed by atoms with Gasteiger partial charge < -0.3 is 4.74 Å². The standard InChI is InChI=1S/C24H26N2O4S/c1-16-11-12-22-20(13-16)23(19-9-4-5-10-21(19)25-22)24(27)30-15-17-7-6-8-18(14-17)31(28,29)26(2)3/h4-10,14,16H,11-13,15H2,1-3H3. The van der Waals surface area contributed by atoms with Crippen molar-refractivity contribution in [2.45, 2.75) is 37.7 Å². The van der Waals surface area contributed by atoms with Gasteiger partial charge in [0, 0.05) is 25.2 Å². The molecule has 0 amide bonds. The molecule has 6 nitrogen and oxygen atoms in total. The molecule has 0 aliphatic heterocycles. The van der Waals surface area contributed by atoms with E-state index in [-0.39, 0.29) is 11.5 Å². The average Bonchev–Trinajstić information content (AvgIpc) is 2.76. The summed E-state index contributed by atoms with van der Waals surface area (Å²) >= 11 is 0. The minimum Gasteiger partial charge on any atom is -0.457 e. The second kappa shape index (κ2) is 8.40. The Balaban J connectivity index is 1.65. The lowest BCUT2D eigenvalue weighted by Crippen LogP contribution is -2.22. The lowest BCUT2D eigenvalue weighted by atomic mass is 9.84. The number of pyridine rings is 1. The number of rotatable bonds is 5. The number of aromatic nitrogens is 1. The van der Waals surface area contributed by atoms with Gasteiger partial charge in [-0.3, -0.25) is 4.98 Å². The number of para-hydroxylation sites is 1. The lowest BCUT2D eigenvalue weighted by molar-refractivity contribution is 0.0473. The third-order valence-corrected chi connectivity index (χ3v) is 7.57. The molecule has 31 heavy (non-hydrogen) atoms. The minimum atomic E-state index is -3.55. The number of nitrogens with zero attached hydrogens (tertiary/aromatic N) is 2. The molecule has 0 fully saturated rings. The smallest absolute Gasteiger partial charge is 0.339 e. The van der Waals surface area contributed by atoms with Gasteiger partial charge in [-0.15, -0.1) is 0 Å². The van der Waals surface area contributed by atoms with Crippen LogP contribution >= 0.6 is 0 Å². The van der Waals surface area contributed by atoms with E-state index in [0.717, 1.165) is 45.7 Å². The summed E-state index contributed by atoms with van der Waals surface area (Å²) in [5.41, 5.74) is 3.96. The quantitative estimate of drug-likeness (QED) is 0.564. The fraction of sp³-hybridized carbons (Fsp3) is 0.333. The Morgan fingerprint density at radius 2 is 1.94 bits per heavy atom. The highest BCUT2D eigenvalue weighted by Gasteiger charge is 2.26. The van der Waals surface area contributed by atoms with E-state index in [1.807, 2.05) is 24.3 Å². The number of ether oxygens (including phenoxy) is 1. The van der Waals surface area contributed by atoms with Crippen LogP contribution in [0.1, 0.15) is 40.5 Å². The van der Waals surface area contributed by atoms with E-state index >= 15 is 0 Å². The number of sulfonamides is 1. The molecule has 0 saturated carbocycles. The molecule has 0 N–H and O–H groups in total. The van der Waals surface area contributed by atoms with Crippen molar-refractivity contribution in [2.75, 3.05) is 14.1 Å². The van der Waals surface area contributed by atoms with Crippen molar-refractivity contribution < 1.29 is 17.9 Å². The predicted octanol–water partition coefficient (Wildman–Crippen LogP) is 3.97. The van der Waals surface area contributed by atoms with Gasteiger partial charge in [-0.2, -0.15) is 0 Å². The molecule has 2 aromatic carbocycles. The monoisotopic (exact) mass is 438 g/mol. The number of carbonyl (C=O) groups excluding carboxylic acids is 1. The van der Waals surface area contributed by atoms with E-state index in [1.54, 1.807) is 18.2 Å². The summed E-state index contributed by atoms with van der Waals surface area (Å²) in [7, 11) is -0.579. The number of esters is 1. The SMILES string of the molecule is CC1CCc2nc3ccccc3c(C(=O)OCc3cccc(S(=O)(=O)N(C)C)c3)c2C1. The summed E-state index contributed by atoms with van der Waals surface area (Å²) < 4.78 is 31.6. The van der Waals surface area contributed by atoms with Crippen LogP contribution in [0.25, 0.3) is 10.9 Å². The molecule has 0 radical (unpaired) electrons. The fourth-order valence-electron chi connectivity index (χ4n) is 4.02. The van der Waals surface area contributed by atoms with Crippen molar-refractivity contribution in [3.63, 3.8) is 0 Å². The van der Waals surface area contributed by atoms with Crippen LogP contribution in [0.15, 0.2) is 53.4 Å². The van der Waals surface area contributed by atoms with Gasteiger partial charge in [0.15, 0.2) is 0 Å². The molecule has 1 heterocycles. The second-order valence-electron chi connectivity index (χ2n) is 8.29. The molecule has 1 atom stereocenters. The van der Waals surface area contributed by atoms with E-state index in [1.165, 1.54) is 20.2 Å². The van der Waals surface area contributed by atoms with Gasteiger partial charge >= 0.3 is 5.97 Å². The zero-order chi connectivity index (χ0) is 22.2. The minimum absolute atomic E-state index is 0.00337. The van der Waals surface area contributed by atoms with Crippen molar-refractivity contribution in [1.82, 2.24) is 9.29 Å². The Hall–Kier alpha value is -2.77. The summed E-state index contributed by atoms with van der Waals surface area (Å²) in [6.07, 6.45) is 2.71. The summed E-state index contributed by atoms with van der Waals surface area (Å²) in [6.45, 7) is 2.18. The first-order valence-electron chi connectivity index (χ1n) is 10.4. The Morgan fingerprint density at radius 3 is 2.71 bits per heavy atom. The molecule has 1 aromatic heterocycles. The third-order valence-electron chi connectivity index (χ3n) is 5.76. The largest absolute Gasteiger partial charge is 0.457 e. The van der Waals surface area contributed by atoms with E-state index in [9.17, 15) is 13.2 Å². The molecule has 1 aliphatic carbocycles. The van der Waals surface area contributed by atoms with Crippen LogP contribution in [0.5, 0.6) is 0 Å². The molecule has 4 rings (SSSR count). The maximum atomic E-state index is 13.2. The van der Waals surface area contributed by atoms with E-state index in [2.05, 4.69) is 6.92 Å². The first kappa shape index (κ1) is 21.5. The maximum absolute atomic E-state index is 13.2. The molecule has 0 bridgehead atoms. The van der Waals surface area contributed by atoms with Crippen LogP contribution in [0, 0.1) is 5.92 Å². The zero-order valence-electron chi connectivity index (χ0n) is 18.0. The third kappa shape index (κ3) is 4.20. The van der Waals surface area contributed by atoms with Crippen molar-refractivity contribution in [1.29, 1.82) is 0 Å². The number of hydrogen-bond donors (Lipinski definition) is 0. The van der Waals surface area contributed by atoms with Gasteiger partial charge in [0.25, 0.3) is 0 Å². The highest BCUT2D eigenvalue weighted by Crippen LogP contribution is 2.32. The topological polar surface area (TPSA) is 76.6 Å². The van der Waals surface area contributed by atoms with Crippen LogP contribution in [-0.4, -0.2) is 37.8 Å². The van der Waals surface area contributed by atoms with Gasteiger partial charge in [0.2, 0.25) is 10.0 Å². The molecule has 7 heteroatoms. The van der Waals surface area contributed by atoms with E-state index in [4.69, 9.17) is 9.72 Å². The number of hydrogen-bond acceptors (Lipinski definition) is 5. The Bertz CT molecular complexity index is 1250. The Kier molecular flexibility index (Phi) is 5.81. The normalized spacial score (nSPS) is 16.3. The Labute approximate surface area is 182 Å². The van der Waals surface area contributed by atoms with Gasteiger partial charge in [-0.05, 0) is 54.5 Å². The number of aryl methyl sites for hydroxylation is 1. The first-order chi connectivity index (χ1) is 14.8. The van der Waals surface area contributed by atoms with Crippen LogP contribution in [-0.2, 0) is 34.2 Å². The number of benzene rings is 2. The van der Waals surface area contributed by atoms with Crippen molar-refractivity contribution in [3.05, 3.63) is 70.9 Å². The van der Waals surface area contributed by atoms with E-state index < -0.39 is 16.0 Å². The van der Waals surface area contributed by atoms with Crippen LogP contribution < -0.4 is 0 Å². The molecule has 1 aliphatic rings. The molecule has 1 unspecified atom stereocenters. The predicted molar refractivity (Wildman–Crippen MR) is 119 cm³/mol. The van der Waals surface area contributed by atoms with Crippen molar-refractivity contribution in [3.8, 4) is 0 Å². The fourth-order valence-corrected chi connectivity index (χ4v) is 5.00. The second-order valence-corrected chi connectivity index (χ2v) is 10.4. The van der Waals surface area contributed by atoms with Gasteiger partial charge in [0.1, 0.15) is 6.61 Å². The van der Waals surface area contributed by atoms with Crippen LogP contribution in [0.2, 0.25) is 0 Å². The molecule has 3 aromatic rings. The molecule has 0 spiro atoms. The first-order valence-corrected chi connectivity index (χ1v) is 11.8. The zero-order valence-corrected chi connectivity index (χ0v) is 18.8. The van der Waals surface area contributed by atoms with Gasteiger partial charge in [-0.25, -0.2) is 17.5 Å². The van der Waals surface area contributed by atoms with Crippen molar-refractivity contribution in [2.24, 2.45) is 5.92 Å². The summed E-state index contributed by atoms with van der Waals surface area (Å²) in [5.74, 6) is 0.0831. The van der Waals surface area contributed by atoms with E-state index in [0.29, 0.717) is 17.0 Å². The summed E-state index contributed by atoms with van der Waals surface area (Å²) in [6, 6.07) is 14.1. The van der Waals surface area contributed by atoms with Crippen molar-refractivity contribution >= 4 is 26.9 Å². The van der Waals surface area contributed by atoms with Gasteiger partial charge in [0.05, 0.1) is 16.0 Å². The number of fused-ring (bicyclic) bond motifs is 2. The van der Waals surface area contributed by atoms with Crippen LogP contribution in [0.3, 0.4) is 0 Å². The Morgan fingerprint density at radius 1 is 1.16 bits per heavy atom. The average molecular weight is 439 g/mol. The number of carbonyl (C=O) groups is 1. The maximum Gasteiger partial charge on any atom is 0.339 e. The summed E-state index contributed by atoms with van der Waals surface area (Å²) in [4.78, 5) is 18.2. The van der Waals surface area contributed by atoms with Crippen LogP contribution in [0.4, 0.5) is 0 Å². The molecular formula is C24H26N2O4S. The van der Waals surface area contributed by atoms with Gasteiger partial charge in [-0.1, -0.05) is 37.3 Å². The molecular weight excluding hydrogens is 412 g/mol. The molecule has 0 saturated heterocycles. The lowest BCUT2D eigenvalue weighted by Gasteiger charge is -2.24. The summed E-state index contributed by atoms with van der Waals surface area (Å²) in [5, 5.41) is 0.796. The highest BCUT2D eigenvalue weighted by molar-refractivity contribution is 7.89. The molecule has 162 valence electrons. The highest BCUT2D eigenvalue weighted by atomic mass is 32.2.